The lowest BCUT2D eigenvalue weighted by Gasteiger charge is -2.34. The van der Waals surface area contributed by atoms with Gasteiger partial charge in [-0.3, -0.25) is 0 Å². The van der Waals surface area contributed by atoms with Crippen LogP contribution >= 0.6 is 11.8 Å². The fourth-order valence-electron chi connectivity index (χ4n) is 1.59. The number of rotatable bonds is 4. The monoisotopic (exact) mass is 203 g/mol. The fraction of sp³-hybridized carbons (Fsp3) is 1.00. The van der Waals surface area contributed by atoms with Gasteiger partial charge in [-0.25, -0.2) is 0 Å². The molecule has 0 saturated carbocycles. The van der Waals surface area contributed by atoms with Crippen LogP contribution in [0.3, 0.4) is 0 Å². The molecule has 0 aromatic rings. The van der Waals surface area contributed by atoms with E-state index in [-0.39, 0.29) is 12.1 Å². The Morgan fingerprint density at radius 3 is 2.54 bits per heavy atom. The van der Waals surface area contributed by atoms with E-state index in [2.05, 4.69) is 19.2 Å². The highest BCUT2D eigenvalue weighted by atomic mass is 32.2. The summed E-state index contributed by atoms with van der Waals surface area (Å²) in [7, 11) is 0. The molecule has 0 aliphatic carbocycles. The van der Waals surface area contributed by atoms with Crippen molar-refractivity contribution in [1.82, 2.24) is 5.32 Å². The number of nitrogens with one attached hydrogen (secondary N) is 1. The summed E-state index contributed by atoms with van der Waals surface area (Å²) >= 11 is 2.04. The maximum Gasteiger partial charge on any atom is 0.0610 e. The molecule has 1 atom stereocenters. The van der Waals surface area contributed by atoms with Crippen molar-refractivity contribution in [3.8, 4) is 0 Å². The average molecular weight is 203 g/mol. The van der Waals surface area contributed by atoms with Crippen molar-refractivity contribution in [2.45, 2.75) is 44.7 Å². The Bertz CT molecular complexity index is 142. The number of thioether (sulfide) groups is 1. The van der Waals surface area contributed by atoms with Gasteiger partial charge in [0.15, 0.2) is 0 Å². The molecule has 2 N–H and O–H groups in total. The maximum atomic E-state index is 9.25. The summed E-state index contributed by atoms with van der Waals surface area (Å²) in [6, 6.07) is 0.623. The molecule has 1 fully saturated rings. The third-order valence-electron chi connectivity index (χ3n) is 2.90. The first-order chi connectivity index (χ1) is 6.20. The van der Waals surface area contributed by atoms with E-state index in [1.165, 1.54) is 24.3 Å². The molecular formula is C10H21NOS. The molecule has 78 valence electrons. The Morgan fingerprint density at radius 1 is 1.46 bits per heavy atom. The number of hydrogen-bond acceptors (Lipinski definition) is 3. The summed E-state index contributed by atoms with van der Waals surface area (Å²) in [4.78, 5) is 0. The Kier molecular flexibility index (Phi) is 4.56. The summed E-state index contributed by atoms with van der Waals surface area (Å²) in [6.45, 7) is 4.47. The van der Waals surface area contributed by atoms with Gasteiger partial charge in [0.2, 0.25) is 0 Å². The van der Waals surface area contributed by atoms with Crippen LogP contribution in [0.25, 0.3) is 0 Å². The van der Waals surface area contributed by atoms with Gasteiger partial charge in [-0.2, -0.15) is 11.8 Å². The molecule has 0 radical (unpaired) electrons. The zero-order chi connectivity index (χ0) is 9.73. The third kappa shape index (κ3) is 3.49. The van der Waals surface area contributed by atoms with Gasteiger partial charge >= 0.3 is 0 Å². The lowest BCUT2D eigenvalue weighted by molar-refractivity contribution is 0.154. The minimum absolute atomic E-state index is 0.0628. The predicted molar refractivity (Wildman–Crippen MR) is 59.3 cm³/mol. The smallest absolute Gasteiger partial charge is 0.0610 e. The molecule has 1 saturated heterocycles. The molecule has 0 aromatic carbocycles. The van der Waals surface area contributed by atoms with E-state index in [1.807, 2.05) is 11.8 Å². The second kappa shape index (κ2) is 5.23. The van der Waals surface area contributed by atoms with E-state index in [4.69, 9.17) is 0 Å². The van der Waals surface area contributed by atoms with E-state index < -0.39 is 0 Å². The minimum atomic E-state index is -0.0628. The average Bonchev–Trinajstić information content (AvgIpc) is 2.19. The SMILES string of the molecule is CCC(C)(CO)NC1CCSCC1. The number of hydrogen-bond donors (Lipinski definition) is 2. The fourth-order valence-corrected chi connectivity index (χ4v) is 2.70. The van der Waals surface area contributed by atoms with Gasteiger partial charge in [0.1, 0.15) is 0 Å². The van der Waals surface area contributed by atoms with Crippen molar-refractivity contribution in [1.29, 1.82) is 0 Å². The molecule has 1 rings (SSSR count). The topological polar surface area (TPSA) is 32.3 Å². The Balaban J connectivity index is 2.35. The van der Waals surface area contributed by atoms with Gasteiger partial charge in [-0.05, 0) is 37.7 Å². The summed E-state index contributed by atoms with van der Waals surface area (Å²) in [5, 5.41) is 12.8. The molecule has 1 heterocycles. The first-order valence-corrected chi connectivity index (χ1v) is 6.32. The van der Waals surface area contributed by atoms with Gasteiger partial charge in [0.25, 0.3) is 0 Å². The second-order valence-electron chi connectivity index (χ2n) is 4.10. The number of aliphatic hydroxyl groups excluding tert-OH is 1. The van der Waals surface area contributed by atoms with Crippen LogP contribution < -0.4 is 5.32 Å². The molecule has 0 spiro atoms. The van der Waals surface area contributed by atoms with Crippen molar-refractivity contribution in [3.05, 3.63) is 0 Å². The highest BCUT2D eigenvalue weighted by Crippen LogP contribution is 2.20. The molecule has 0 bridgehead atoms. The predicted octanol–water partition coefficient (Wildman–Crippen LogP) is 1.63. The first kappa shape index (κ1) is 11.3. The van der Waals surface area contributed by atoms with Gasteiger partial charge in [0.05, 0.1) is 6.61 Å². The van der Waals surface area contributed by atoms with E-state index >= 15 is 0 Å². The maximum absolute atomic E-state index is 9.25. The van der Waals surface area contributed by atoms with Crippen LogP contribution in [0.2, 0.25) is 0 Å². The molecule has 1 aliphatic heterocycles. The van der Waals surface area contributed by atoms with E-state index in [9.17, 15) is 5.11 Å². The van der Waals surface area contributed by atoms with Crippen LogP contribution in [-0.4, -0.2) is 34.8 Å². The Morgan fingerprint density at radius 2 is 2.08 bits per heavy atom. The van der Waals surface area contributed by atoms with Crippen LogP contribution in [-0.2, 0) is 0 Å². The first-order valence-electron chi connectivity index (χ1n) is 5.16. The quantitative estimate of drug-likeness (QED) is 0.728. The Hall–Kier alpha value is 0.270. The summed E-state index contributed by atoms with van der Waals surface area (Å²) in [5.41, 5.74) is -0.0628. The van der Waals surface area contributed by atoms with Crippen LogP contribution in [0.1, 0.15) is 33.1 Å². The lowest BCUT2D eigenvalue weighted by Crippen LogP contribution is -2.51. The zero-order valence-corrected chi connectivity index (χ0v) is 9.49. The molecule has 13 heavy (non-hydrogen) atoms. The molecule has 1 unspecified atom stereocenters. The van der Waals surface area contributed by atoms with Gasteiger partial charge < -0.3 is 10.4 Å². The highest BCUT2D eigenvalue weighted by Gasteiger charge is 2.25. The van der Waals surface area contributed by atoms with Crippen molar-refractivity contribution in [2.75, 3.05) is 18.1 Å². The summed E-state index contributed by atoms with van der Waals surface area (Å²) < 4.78 is 0. The molecule has 0 aromatic heterocycles. The van der Waals surface area contributed by atoms with Crippen LogP contribution in [0.4, 0.5) is 0 Å². The minimum Gasteiger partial charge on any atom is -0.394 e. The second-order valence-corrected chi connectivity index (χ2v) is 5.33. The van der Waals surface area contributed by atoms with Crippen LogP contribution in [0, 0.1) is 0 Å². The van der Waals surface area contributed by atoms with Crippen molar-refractivity contribution in [3.63, 3.8) is 0 Å². The van der Waals surface area contributed by atoms with Gasteiger partial charge in [0, 0.05) is 11.6 Å². The van der Waals surface area contributed by atoms with Crippen LogP contribution in [0.5, 0.6) is 0 Å². The largest absolute Gasteiger partial charge is 0.394 e. The highest BCUT2D eigenvalue weighted by molar-refractivity contribution is 7.99. The standard InChI is InChI=1S/C10H21NOS/c1-3-10(2,8-12)11-9-4-6-13-7-5-9/h9,11-12H,3-8H2,1-2H3. The molecule has 0 amide bonds. The lowest BCUT2D eigenvalue weighted by atomic mass is 9.97. The van der Waals surface area contributed by atoms with Gasteiger partial charge in [-0.1, -0.05) is 6.92 Å². The van der Waals surface area contributed by atoms with E-state index in [1.54, 1.807) is 0 Å². The van der Waals surface area contributed by atoms with Crippen molar-refractivity contribution in [2.24, 2.45) is 0 Å². The van der Waals surface area contributed by atoms with E-state index in [0.717, 1.165) is 6.42 Å². The third-order valence-corrected chi connectivity index (χ3v) is 3.95. The molecular weight excluding hydrogens is 182 g/mol. The summed E-state index contributed by atoms with van der Waals surface area (Å²) in [5.74, 6) is 2.53. The van der Waals surface area contributed by atoms with Gasteiger partial charge in [-0.15, -0.1) is 0 Å². The summed E-state index contributed by atoms with van der Waals surface area (Å²) in [6.07, 6.45) is 3.49. The zero-order valence-electron chi connectivity index (χ0n) is 8.68. The molecule has 3 heteroatoms. The molecule has 1 aliphatic rings. The normalized spacial score (nSPS) is 24.2. The van der Waals surface area contributed by atoms with Crippen LogP contribution in [0.15, 0.2) is 0 Å². The number of aliphatic hydroxyl groups is 1. The van der Waals surface area contributed by atoms with Crippen molar-refractivity contribution >= 4 is 11.8 Å². The van der Waals surface area contributed by atoms with Crippen molar-refractivity contribution < 1.29 is 5.11 Å². The molecule has 2 nitrogen and oxygen atoms in total. The Labute approximate surface area is 85.5 Å². The van der Waals surface area contributed by atoms with E-state index in [0.29, 0.717) is 6.04 Å².